The largest absolute Gasteiger partial charge is 0.478 e. The summed E-state index contributed by atoms with van der Waals surface area (Å²) in [7, 11) is 0. The third-order valence-corrected chi connectivity index (χ3v) is 6.99. The molecule has 5 nitrogen and oxygen atoms in total. The Morgan fingerprint density at radius 2 is 1.61 bits per heavy atom. The molecular weight excluding hydrogens is 412 g/mol. The number of fused-ring (bicyclic) bond motifs is 1. The topological polar surface area (TPSA) is 69.6 Å². The van der Waals surface area contributed by atoms with Crippen LogP contribution in [0.25, 0.3) is 11.1 Å². The molecule has 0 spiro atoms. The van der Waals surface area contributed by atoms with E-state index >= 15 is 0 Å². The maximum atomic E-state index is 12.8. The van der Waals surface area contributed by atoms with Gasteiger partial charge >= 0.3 is 5.97 Å². The van der Waals surface area contributed by atoms with Crippen LogP contribution in [0.2, 0.25) is 0 Å². The van der Waals surface area contributed by atoms with Gasteiger partial charge in [0, 0.05) is 30.3 Å². The van der Waals surface area contributed by atoms with E-state index in [0.717, 1.165) is 28.1 Å². The smallest absolute Gasteiger partial charge is 0.335 e. The van der Waals surface area contributed by atoms with Crippen molar-refractivity contribution in [2.45, 2.75) is 38.8 Å². The average Bonchev–Trinajstić information content (AvgIpc) is 3.66. The van der Waals surface area contributed by atoms with Crippen molar-refractivity contribution in [1.82, 2.24) is 0 Å². The highest BCUT2D eigenvalue weighted by atomic mass is 16.4. The van der Waals surface area contributed by atoms with Crippen molar-refractivity contribution < 1.29 is 14.7 Å². The number of carbonyl (C=O) groups is 2. The third-order valence-electron chi connectivity index (χ3n) is 6.99. The molecule has 33 heavy (non-hydrogen) atoms. The number of anilines is 2. The molecule has 3 atom stereocenters. The zero-order valence-corrected chi connectivity index (χ0v) is 18.9. The third kappa shape index (κ3) is 3.99. The van der Waals surface area contributed by atoms with Crippen LogP contribution in [0, 0.1) is 11.8 Å². The summed E-state index contributed by atoms with van der Waals surface area (Å²) >= 11 is 0. The molecule has 2 aliphatic rings. The van der Waals surface area contributed by atoms with E-state index in [9.17, 15) is 14.7 Å². The lowest BCUT2D eigenvalue weighted by atomic mass is 9.79. The summed E-state index contributed by atoms with van der Waals surface area (Å²) in [5, 5.41) is 13.0. The first-order valence-electron chi connectivity index (χ1n) is 11.5. The number of benzene rings is 3. The Kier molecular flexibility index (Phi) is 5.41. The first-order valence-corrected chi connectivity index (χ1v) is 11.5. The summed E-state index contributed by atoms with van der Waals surface area (Å²) in [6, 6.07) is 23.6. The molecule has 1 heterocycles. The van der Waals surface area contributed by atoms with Gasteiger partial charge in [-0.3, -0.25) is 4.79 Å². The molecule has 5 rings (SSSR count). The molecule has 5 heteroatoms. The number of hydrogen-bond acceptors (Lipinski definition) is 3. The molecule has 1 aliphatic heterocycles. The number of carbonyl (C=O) groups excluding carboxylic acids is 1. The SMILES string of the molecule is CC(=O)N1c2ccc(-c3ccc(C(=O)O)cc3)cc2C(Nc2ccccc2)C(C)C1C1CC1. The van der Waals surface area contributed by atoms with Crippen molar-refractivity contribution in [3.63, 3.8) is 0 Å². The lowest BCUT2D eigenvalue weighted by molar-refractivity contribution is -0.117. The number of para-hydroxylation sites is 1. The van der Waals surface area contributed by atoms with E-state index < -0.39 is 5.97 Å². The van der Waals surface area contributed by atoms with Crippen molar-refractivity contribution in [3.05, 3.63) is 83.9 Å². The molecule has 0 saturated heterocycles. The number of hydrogen-bond donors (Lipinski definition) is 2. The lowest BCUT2D eigenvalue weighted by Gasteiger charge is -2.46. The molecule has 1 saturated carbocycles. The summed E-state index contributed by atoms with van der Waals surface area (Å²) < 4.78 is 0. The molecule has 0 radical (unpaired) electrons. The van der Waals surface area contributed by atoms with Crippen LogP contribution in [0.3, 0.4) is 0 Å². The van der Waals surface area contributed by atoms with E-state index in [-0.39, 0.29) is 29.5 Å². The lowest BCUT2D eigenvalue weighted by Crippen LogP contribution is -2.51. The molecular formula is C28H28N2O3. The number of carboxylic acid groups (broad SMARTS) is 1. The highest BCUT2D eigenvalue weighted by molar-refractivity contribution is 5.95. The molecule has 0 aromatic heterocycles. The van der Waals surface area contributed by atoms with Crippen molar-refractivity contribution >= 4 is 23.3 Å². The average molecular weight is 441 g/mol. The second kappa shape index (κ2) is 8.39. The Balaban J connectivity index is 1.61. The zero-order valence-electron chi connectivity index (χ0n) is 18.9. The number of nitrogens with zero attached hydrogens (tertiary/aromatic N) is 1. The molecule has 1 fully saturated rings. The Hall–Kier alpha value is -3.60. The van der Waals surface area contributed by atoms with Crippen molar-refractivity contribution in [3.8, 4) is 11.1 Å². The van der Waals surface area contributed by atoms with Crippen molar-refractivity contribution in [2.75, 3.05) is 10.2 Å². The summed E-state index contributed by atoms with van der Waals surface area (Å²) in [6.07, 6.45) is 2.33. The fraction of sp³-hybridized carbons (Fsp3) is 0.286. The van der Waals surface area contributed by atoms with Crippen LogP contribution < -0.4 is 10.2 Å². The number of aromatic carboxylic acids is 1. The van der Waals surface area contributed by atoms with Gasteiger partial charge in [0.25, 0.3) is 0 Å². The van der Waals surface area contributed by atoms with Crippen LogP contribution in [0.4, 0.5) is 11.4 Å². The Bertz CT molecular complexity index is 1190. The first-order chi connectivity index (χ1) is 15.9. The highest BCUT2D eigenvalue weighted by Gasteiger charge is 2.47. The minimum atomic E-state index is -0.934. The number of nitrogens with one attached hydrogen (secondary N) is 1. The van der Waals surface area contributed by atoms with Gasteiger partial charge in [-0.15, -0.1) is 0 Å². The summed E-state index contributed by atoms with van der Waals surface area (Å²) in [6.45, 7) is 3.91. The van der Waals surface area contributed by atoms with Gasteiger partial charge in [0.05, 0.1) is 11.6 Å². The maximum Gasteiger partial charge on any atom is 0.335 e. The normalized spacial score (nSPS) is 21.9. The predicted molar refractivity (Wildman–Crippen MR) is 130 cm³/mol. The molecule has 3 unspecified atom stereocenters. The van der Waals surface area contributed by atoms with Crippen molar-refractivity contribution in [1.29, 1.82) is 0 Å². The van der Waals surface area contributed by atoms with Gasteiger partial charge in [0.2, 0.25) is 5.91 Å². The van der Waals surface area contributed by atoms with Gasteiger partial charge in [-0.25, -0.2) is 4.79 Å². The molecule has 168 valence electrons. The summed E-state index contributed by atoms with van der Waals surface area (Å²) in [5.74, 6) is -0.0769. The minimum absolute atomic E-state index is 0.0573. The zero-order chi connectivity index (χ0) is 23.1. The number of carboxylic acids is 1. The number of amides is 1. The van der Waals surface area contributed by atoms with Crippen LogP contribution in [0.15, 0.2) is 72.8 Å². The molecule has 1 amide bonds. The van der Waals surface area contributed by atoms with Crippen LogP contribution >= 0.6 is 0 Å². The van der Waals surface area contributed by atoms with E-state index in [0.29, 0.717) is 5.92 Å². The monoisotopic (exact) mass is 440 g/mol. The van der Waals surface area contributed by atoms with Crippen LogP contribution in [0.5, 0.6) is 0 Å². The van der Waals surface area contributed by atoms with Gasteiger partial charge in [0.1, 0.15) is 0 Å². The van der Waals surface area contributed by atoms with Gasteiger partial charge in [0.15, 0.2) is 0 Å². The molecule has 0 bridgehead atoms. The number of rotatable bonds is 5. The Labute approximate surface area is 194 Å². The van der Waals surface area contributed by atoms with Crippen LogP contribution in [-0.4, -0.2) is 23.0 Å². The summed E-state index contributed by atoms with van der Waals surface area (Å²) in [4.78, 5) is 26.1. The van der Waals surface area contributed by atoms with Crippen LogP contribution in [0.1, 0.15) is 48.7 Å². The molecule has 3 aromatic rings. The van der Waals surface area contributed by atoms with Gasteiger partial charge in [-0.1, -0.05) is 43.3 Å². The quantitative estimate of drug-likeness (QED) is 0.512. The Morgan fingerprint density at radius 3 is 2.21 bits per heavy atom. The fourth-order valence-corrected chi connectivity index (χ4v) is 5.26. The first kappa shape index (κ1) is 21.3. The Morgan fingerprint density at radius 1 is 0.939 bits per heavy atom. The fourth-order valence-electron chi connectivity index (χ4n) is 5.26. The summed E-state index contributed by atoms with van der Waals surface area (Å²) in [5.41, 5.74) is 5.35. The van der Waals surface area contributed by atoms with E-state index in [1.54, 1.807) is 19.1 Å². The van der Waals surface area contributed by atoms with Crippen molar-refractivity contribution in [2.24, 2.45) is 11.8 Å². The minimum Gasteiger partial charge on any atom is -0.478 e. The molecule has 3 aromatic carbocycles. The predicted octanol–water partition coefficient (Wildman–Crippen LogP) is 5.99. The van der Waals surface area contributed by atoms with Gasteiger partial charge < -0.3 is 15.3 Å². The standard InChI is InChI=1S/C28H28N2O3/c1-17-26(29-23-6-4-3-5-7-23)24-16-22(19-8-12-21(13-9-19)28(32)33)14-15-25(24)30(18(2)31)27(17)20-10-11-20/h3-9,12-17,20,26-27,29H,10-11H2,1-2H3,(H,32,33). The van der Waals surface area contributed by atoms with Crippen LogP contribution in [-0.2, 0) is 4.79 Å². The van der Waals surface area contributed by atoms with E-state index in [2.05, 4.69) is 36.5 Å². The van der Waals surface area contributed by atoms with Gasteiger partial charge in [-0.2, -0.15) is 0 Å². The highest BCUT2D eigenvalue weighted by Crippen LogP contribution is 2.50. The second-order valence-electron chi connectivity index (χ2n) is 9.22. The van der Waals surface area contributed by atoms with Gasteiger partial charge in [-0.05, 0) is 71.8 Å². The molecule has 2 N–H and O–H groups in total. The second-order valence-corrected chi connectivity index (χ2v) is 9.22. The van der Waals surface area contributed by atoms with E-state index in [4.69, 9.17) is 0 Å². The van der Waals surface area contributed by atoms with E-state index in [1.165, 1.54) is 12.8 Å². The molecule has 1 aliphatic carbocycles. The van der Waals surface area contributed by atoms with E-state index in [1.807, 2.05) is 41.3 Å². The maximum absolute atomic E-state index is 12.8.